The number of aliphatic hydroxyl groups is 1. The molecule has 1 heterocycles. The van der Waals surface area contributed by atoms with Gasteiger partial charge < -0.3 is 60.7 Å². The van der Waals surface area contributed by atoms with Gasteiger partial charge in [-0.2, -0.15) is 0 Å². The van der Waals surface area contributed by atoms with Crippen molar-refractivity contribution < 1.29 is 74.3 Å². The Morgan fingerprint density at radius 2 is 0.906 bits per heavy atom. The van der Waals surface area contributed by atoms with Gasteiger partial charge in [-0.1, -0.05) is 109 Å². The maximum absolute atomic E-state index is 15.5. The van der Waals surface area contributed by atoms with Crippen LogP contribution in [-0.2, 0) is 52.7 Å². The molecule has 1 aliphatic rings. The molecule has 1 saturated heterocycles. The van der Waals surface area contributed by atoms with Crippen LogP contribution in [0.15, 0.2) is 12.2 Å². The summed E-state index contributed by atoms with van der Waals surface area (Å²) < 4.78 is 115. The smallest absolute Gasteiger partial charge is 0.246 e. The highest BCUT2D eigenvalue weighted by molar-refractivity contribution is 5.99. The molecule has 23 heteroatoms. The van der Waals surface area contributed by atoms with Gasteiger partial charge in [-0.3, -0.25) is 52.7 Å². The number of nitrogens with one attached hydrogen (secondary N) is 4. The number of hydrogen-bond donors (Lipinski definition) is 5. The van der Waals surface area contributed by atoms with Gasteiger partial charge in [-0.15, -0.1) is 0 Å². The normalized spacial score (nSPS) is 38.2. The third-order valence-corrected chi connectivity index (χ3v) is 13.9. The van der Waals surface area contributed by atoms with Crippen LogP contribution >= 0.6 is 0 Å². The number of likely N-dealkylation sites (N-methyl/N-ethyl adjacent to an activating group) is 7. The highest BCUT2D eigenvalue weighted by Crippen LogP contribution is 2.26. The maximum Gasteiger partial charge on any atom is 0.246 e. The monoisotopic (exact) mass is 1230 g/mol. The van der Waals surface area contributed by atoms with E-state index in [0.717, 1.165) is 63.1 Å². The molecule has 0 spiro atoms. The maximum atomic E-state index is 15.5. The predicted molar refractivity (Wildman–Crippen MR) is 328 cm³/mol. The molecule has 0 aromatic rings. The third kappa shape index (κ3) is 21.7. The molecular weight excluding hydrogens is 1090 g/mol. The quantitative estimate of drug-likeness (QED) is 0.148. The molecule has 12 atom stereocenters. The molecule has 0 unspecified atom stereocenters. The zero-order chi connectivity index (χ0) is 77.0. The molecule has 23 nitrogen and oxygen atoms in total. The van der Waals surface area contributed by atoms with Crippen molar-refractivity contribution in [3.05, 3.63) is 12.2 Å². The Hall–Kier alpha value is -6.13. The van der Waals surface area contributed by atoms with E-state index in [1.807, 2.05) is 5.32 Å². The Morgan fingerprint density at radius 3 is 1.35 bits per heavy atom. The van der Waals surface area contributed by atoms with Gasteiger partial charge in [0.15, 0.2) is 0 Å². The van der Waals surface area contributed by atoms with Gasteiger partial charge in [-0.05, 0) is 101 Å². The van der Waals surface area contributed by atoms with Crippen molar-refractivity contribution in [2.75, 3.05) is 55.8 Å². The summed E-state index contributed by atoms with van der Waals surface area (Å²) in [5, 5.41) is 20.6. The molecule has 0 aliphatic carbocycles. The number of carbonyl (C=O) groups is 11. The molecule has 486 valence electrons. The zero-order valence-corrected chi connectivity index (χ0v) is 55.1. The van der Waals surface area contributed by atoms with Crippen LogP contribution in [0.2, 0.25) is 0 Å². The predicted octanol–water partition coefficient (Wildman–Crippen LogP) is 3.27. The molecule has 1 rings (SSSR count). The van der Waals surface area contributed by atoms with E-state index in [9.17, 15) is 51.0 Å². The van der Waals surface area contributed by atoms with Gasteiger partial charge >= 0.3 is 0 Å². The molecular formula is C62H111N11O12. The van der Waals surface area contributed by atoms with Gasteiger partial charge in [0.25, 0.3) is 0 Å². The SMILES string of the molecule is [3H]C1([3H])C(=O)N(C)[C@@]([3H])(CC(C)C)C(=O)N[C@@]([3H])(C(C)C)C(=O)N(C)[C@@]([3H])(CC(C)C)C(=O)N[C@@]([3H])(C)C(=O)N[C@@]([3H])(C)C(=O)N(C)[C@@]([3H])(CC(C)C)C(=O)N(C)[C@@]([3H])(CC(C)C)C(=O)N(C)[C@@]([3H])(C(C)C)C(=O)N(C)[C@@]([3H])([C@@H](O)[C@H](C)C/C=C/C)C(=O)N[C@@]([3H])(CC)C(=O)N1C. The van der Waals surface area contributed by atoms with E-state index in [1.165, 1.54) is 68.4 Å². The number of carbonyl (C=O) groups excluding carboxylic acids is 11. The summed E-state index contributed by atoms with van der Waals surface area (Å²) >= 11 is 0. The van der Waals surface area contributed by atoms with Gasteiger partial charge in [0.1, 0.15) is 60.2 Å². The van der Waals surface area contributed by atoms with Crippen molar-refractivity contribution in [1.82, 2.24) is 55.6 Å². The lowest BCUT2D eigenvalue weighted by Gasteiger charge is -2.41. The van der Waals surface area contributed by atoms with Crippen LogP contribution < -0.4 is 21.3 Å². The van der Waals surface area contributed by atoms with E-state index >= 15 is 19.2 Å². The van der Waals surface area contributed by atoms with E-state index in [-0.39, 0.29) is 21.1 Å². The summed E-state index contributed by atoms with van der Waals surface area (Å²) in [6.45, 7) is 19.4. The molecule has 11 amide bonds. The van der Waals surface area contributed by atoms with Crippen LogP contribution in [0, 0.1) is 41.4 Å². The summed E-state index contributed by atoms with van der Waals surface area (Å²) in [6.07, 6.45) is -2.58. The van der Waals surface area contributed by atoms with Crippen LogP contribution in [0.3, 0.4) is 0 Å². The van der Waals surface area contributed by atoms with Crippen molar-refractivity contribution >= 4 is 65.0 Å². The molecule has 0 aromatic carbocycles. The molecule has 0 bridgehead atoms. The Labute approximate surface area is 525 Å². The number of amides is 11. The van der Waals surface area contributed by atoms with Crippen molar-refractivity contribution in [3.8, 4) is 0 Å². The number of nitrogens with zero attached hydrogens (tertiary/aromatic N) is 7. The lowest BCUT2D eigenvalue weighted by molar-refractivity contribution is -0.157. The van der Waals surface area contributed by atoms with Crippen LogP contribution in [0.4, 0.5) is 0 Å². The van der Waals surface area contributed by atoms with Crippen molar-refractivity contribution in [1.29, 1.82) is 0 Å². The minimum absolute atomic E-state index is 0.0576. The van der Waals surface area contributed by atoms with Crippen molar-refractivity contribution in [3.63, 3.8) is 0 Å². The third-order valence-electron chi connectivity index (χ3n) is 13.9. The zero-order valence-electron chi connectivity index (χ0n) is 67.1. The molecule has 1 aliphatic heterocycles. The first kappa shape index (κ1) is 57.9. The van der Waals surface area contributed by atoms with Gasteiger partial charge in [0.05, 0.1) is 29.0 Å². The largest absolute Gasteiger partial charge is 0.390 e. The second-order valence-electron chi connectivity index (χ2n) is 24.0. The average Bonchev–Trinajstić information content (AvgIpc) is 0.758. The van der Waals surface area contributed by atoms with Crippen LogP contribution in [0.1, 0.15) is 173 Å². The molecule has 85 heavy (non-hydrogen) atoms. The molecule has 5 N–H and O–H groups in total. The fourth-order valence-corrected chi connectivity index (χ4v) is 8.98. The first-order chi connectivity index (χ1) is 43.5. The summed E-state index contributed by atoms with van der Waals surface area (Å²) in [7, 11) is 5.97. The number of hydrogen-bond acceptors (Lipinski definition) is 12. The minimum atomic E-state index is -3.70. The molecule has 0 radical (unpaired) electrons. The minimum Gasteiger partial charge on any atom is -0.390 e. The first-order valence-electron chi connectivity index (χ1n) is 35.1. The fourth-order valence-electron chi connectivity index (χ4n) is 8.98. The number of aliphatic hydroxyl groups excluding tert-OH is 1. The highest BCUT2D eigenvalue weighted by Gasteiger charge is 2.45. The standard InChI is InChI=1S/C62H111N11O12/c1-25-27-28-40(15)52(75)51-56(79)65-43(26-2)58(81)67(18)33-48(74)68(19)44(29-34(3)4)55(78)66-49(38(11)12)61(84)69(20)45(30-35(5)6)54(77)63-41(16)53(76)64-42(17)57(80)70(21)46(31-36(7)8)59(82)71(22)47(32-37(9)10)60(83)72(23)50(39(13)14)62(85)73(51)24/h25,27,34-47,49-52,75H,26,28-33H2,1-24H3,(H,63,77)(H,64,76)(H,65,79)(H,66,78)/b27-25+/t40-,41+,42+,43+,44+,45+,46+,47+,49+,50+,51+,52+/m1/s1/i33T2,41T,42T,43T,44T,45T,46T,47T,49T,50T,51T. The summed E-state index contributed by atoms with van der Waals surface area (Å²) in [4.78, 5) is 167. The van der Waals surface area contributed by atoms with Crippen molar-refractivity contribution in [2.24, 2.45) is 41.4 Å². The lowest BCUT2D eigenvalue weighted by atomic mass is 9.91. The first-order valence-corrected chi connectivity index (χ1v) is 29.1. The topological polar surface area (TPSA) is 279 Å². The van der Waals surface area contributed by atoms with Gasteiger partial charge in [0, 0.05) is 49.3 Å². The Morgan fingerprint density at radius 1 is 0.494 bits per heavy atom. The summed E-state index contributed by atoms with van der Waals surface area (Å²) in [5.74, 6) is -24.3. The fraction of sp³-hybridized carbons (Fsp3) is 0.790. The van der Waals surface area contributed by atoms with E-state index in [0.29, 0.717) is 26.6 Å². The molecule has 0 aromatic heterocycles. The van der Waals surface area contributed by atoms with E-state index in [2.05, 4.69) is 16.0 Å². The molecule has 0 saturated carbocycles. The summed E-state index contributed by atoms with van der Waals surface area (Å²) in [5.41, 5.74) is 0. The van der Waals surface area contributed by atoms with E-state index in [4.69, 9.17) is 4.11 Å². The highest BCUT2D eigenvalue weighted by atomic mass is 16.3. The van der Waals surface area contributed by atoms with Crippen LogP contribution in [-0.4, -0.2) is 226 Å². The van der Waals surface area contributed by atoms with Gasteiger partial charge in [-0.25, -0.2) is 0 Å². The second-order valence-corrected chi connectivity index (χ2v) is 24.0. The van der Waals surface area contributed by atoms with Crippen LogP contribution in [0.5, 0.6) is 0 Å². The second kappa shape index (κ2) is 34.9. The lowest BCUT2D eigenvalue weighted by Crippen LogP contribution is -2.63. The Bertz CT molecular complexity index is 2990. The van der Waals surface area contributed by atoms with E-state index in [1.54, 1.807) is 40.7 Å². The van der Waals surface area contributed by atoms with Gasteiger partial charge in [0.2, 0.25) is 65.0 Å². The number of rotatable bonds is 15. The van der Waals surface area contributed by atoms with Crippen molar-refractivity contribution in [2.45, 2.75) is 223 Å². The van der Waals surface area contributed by atoms with E-state index < -0.39 is 211 Å². The van der Waals surface area contributed by atoms with Crippen LogP contribution in [0.25, 0.3) is 0 Å². The Kier molecular flexibility index (Phi) is 23.8. The number of allylic oxidation sites excluding steroid dienone is 2. The molecule has 1 fully saturated rings. The summed E-state index contributed by atoms with van der Waals surface area (Å²) in [6, 6.07) is -30.3. The Balaban J connectivity index is 4.93. The average molecular weight is 1230 g/mol.